The summed E-state index contributed by atoms with van der Waals surface area (Å²) in [7, 11) is 1.36. The first-order chi connectivity index (χ1) is 12.3. The Bertz CT molecular complexity index is 1110. The zero-order chi connectivity index (χ0) is 18.8. The molecule has 3 aromatic rings. The molecule has 0 fully saturated rings. The first-order valence-corrected chi connectivity index (χ1v) is 8.56. The van der Waals surface area contributed by atoms with E-state index in [9.17, 15) is 19.2 Å². The Balaban J connectivity index is 1.67. The average Bonchev–Trinajstić information content (AvgIpc) is 3.01. The Kier molecular flexibility index (Phi) is 4.76. The van der Waals surface area contributed by atoms with Gasteiger partial charge in [-0.3, -0.25) is 23.9 Å². The number of H-pyrrole nitrogens is 2. The molecule has 0 atom stereocenters. The van der Waals surface area contributed by atoms with E-state index in [0.717, 1.165) is 16.3 Å². The molecule has 0 saturated carbocycles. The molecule has 2 aromatic heterocycles. The van der Waals surface area contributed by atoms with Gasteiger partial charge < -0.3 is 10.3 Å². The summed E-state index contributed by atoms with van der Waals surface area (Å²) in [6, 6.07) is 6.57. The van der Waals surface area contributed by atoms with Crippen LogP contribution in [-0.2, 0) is 11.8 Å². The van der Waals surface area contributed by atoms with Gasteiger partial charge in [0.15, 0.2) is 22.1 Å². The maximum absolute atomic E-state index is 12.0. The van der Waals surface area contributed by atoms with Crippen molar-refractivity contribution in [2.45, 2.75) is 12.1 Å². The van der Waals surface area contributed by atoms with Crippen molar-refractivity contribution in [1.82, 2.24) is 19.5 Å². The van der Waals surface area contributed by atoms with Crippen molar-refractivity contribution in [1.29, 1.82) is 0 Å². The van der Waals surface area contributed by atoms with E-state index in [1.807, 2.05) is 0 Å². The molecule has 0 radical (unpaired) electrons. The summed E-state index contributed by atoms with van der Waals surface area (Å²) in [5, 5.41) is 3.05. The number of anilines is 1. The number of rotatable bonds is 5. The van der Waals surface area contributed by atoms with E-state index in [1.54, 1.807) is 24.3 Å². The number of aromatic amines is 2. The summed E-state index contributed by atoms with van der Waals surface area (Å²) in [5.41, 5.74) is 0.421. The largest absolute Gasteiger partial charge is 0.329 e. The highest BCUT2D eigenvalue weighted by Gasteiger charge is 2.12. The summed E-state index contributed by atoms with van der Waals surface area (Å²) >= 11 is 1.10. The van der Waals surface area contributed by atoms with Gasteiger partial charge in [0.2, 0.25) is 5.91 Å². The minimum atomic E-state index is -0.558. The Hall–Kier alpha value is -3.14. The highest BCUT2D eigenvalue weighted by Crippen LogP contribution is 2.17. The van der Waals surface area contributed by atoms with Gasteiger partial charge in [0.25, 0.3) is 5.56 Å². The van der Waals surface area contributed by atoms with Crippen molar-refractivity contribution >= 4 is 40.3 Å². The van der Waals surface area contributed by atoms with Crippen LogP contribution in [0.2, 0.25) is 0 Å². The SMILES string of the molecule is CC(=O)c1ccc(NC(=O)CSc2nc3[nH]c(=O)n(C)c(=O)c3[nH]2)cc1. The van der Waals surface area contributed by atoms with Crippen LogP contribution in [0.25, 0.3) is 11.2 Å². The van der Waals surface area contributed by atoms with Crippen LogP contribution in [0.1, 0.15) is 17.3 Å². The average molecular weight is 373 g/mol. The van der Waals surface area contributed by atoms with Gasteiger partial charge in [-0.2, -0.15) is 0 Å². The molecule has 10 heteroatoms. The van der Waals surface area contributed by atoms with Gasteiger partial charge in [0.1, 0.15) is 0 Å². The summed E-state index contributed by atoms with van der Waals surface area (Å²) in [6.07, 6.45) is 0. The van der Waals surface area contributed by atoms with E-state index >= 15 is 0 Å². The molecule has 0 unspecified atom stereocenters. The number of carbonyl (C=O) groups excluding carboxylic acids is 2. The van der Waals surface area contributed by atoms with E-state index in [1.165, 1.54) is 14.0 Å². The van der Waals surface area contributed by atoms with E-state index < -0.39 is 11.2 Å². The van der Waals surface area contributed by atoms with Crippen LogP contribution < -0.4 is 16.6 Å². The number of hydrogen-bond acceptors (Lipinski definition) is 6. The molecule has 26 heavy (non-hydrogen) atoms. The lowest BCUT2D eigenvalue weighted by atomic mass is 10.1. The molecule has 3 rings (SSSR count). The van der Waals surface area contributed by atoms with Crippen LogP contribution >= 0.6 is 11.8 Å². The van der Waals surface area contributed by atoms with Gasteiger partial charge in [-0.05, 0) is 31.2 Å². The second kappa shape index (κ2) is 7.00. The number of imidazole rings is 1. The van der Waals surface area contributed by atoms with Gasteiger partial charge in [0, 0.05) is 18.3 Å². The van der Waals surface area contributed by atoms with Gasteiger partial charge in [-0.15, -0.1) is 0 Å². The van der Waals surface area contributed by atoms with E-state index in [4.69, 9.17) is 0 Å². The number of hydrogen-bond donors (Lipinski definition) is 3. The molecule has 0 saturated heterocycles. The predicted molar refractivity (Wildman–Crippen MR) is 97.8 cm³/mol. The first-order valence-electron chi connectivity index (χ1n) is 7.58. The molecular weight excluding hydrogens is 358 g/mol. The molecule has 0 aliphatic rings. The van der Waals surface area contributed by atoms with Crippen molar-refractivity contribution in [3.8, 4) is 0 Å². The zero-order valence-electron chi connectivity index (χ0n) is 14.0. The number of benzene rings is 1. The van der Waals surface area contributed by atoms with Gasteiger partial charge in [0.05, 0.1) is 5.75 Å². The number of fused-ring (bicyclic) bond motifs is 1. The summed E-state index contributed by atoms with van der Waals surface area (Å²) in [5.74, 6) is -0.265. The third-order valence-corrected chi connectivity index (χ3v) is 4.52. The van der Waals surface area contributed by atoms with Crippen molar-refractivity contribution in [3.63, 3.8) is 0 Å². The van der Waals surface area contributed by atoms with Gasteiger partial charge >= 0.3 is 5.69 Å². The molecule has 134 valence electrons. The topological polar surface area (TPSA) is 130 Å². The third kappa shape index (κ3) is 3.59. The first kappa shape index (κ1) is 17.7. The fourth-order valence-electron chi connectivity index (χ4n) is 2.23. The minimum absolute atomic E-state index is 0.0486. The maximum Gasteiger partial charge on any atom is 0.329 e. The second-order valence-corrected chi connectivity index (χ2v) is 6.49. The van der Waals surface area contributed by atoms with Crippen LogP contribution in [0.5, 0.6) is 0 Å². The predicted octanol–water partition coefficient (Wildman–Crippen LogP) is 0.883. The van der Waals surface area contributed by atoms with E-state index in [-0.39, 0.29) is 28.6 Å². The second-order valence-electron chi connectivity index (χ2n) is 5.53. The summed E-state index contributed by atoms with van der Waals surface area (Å²) in [6.45, 7) is 1.47. The van der Waals surface area contributed by atoms with Gasteiger partial charge in [-0.1, -0.05) is 11.8 Å². The Morgan fingerprint density at radius 3 is 2.54 bits per heavy atom. The van der Waals surface area contributed by atoms with Crippen LogP contribution in [0, 0.1) is 0 Å². The molecule has 1 amide bonds. The molecule has 9 nitrogen and oxygen atoms in total. The number of aromatic nitrogens is 4. The van der Waals surface area contributed by atoms with Crippen molar-refractivity contribution in [2.75, 3.05) is 11.1 Å². The number of nitrogens with zero attached hydrogens (tertiary/aromatic N) is 2. The normalized spacial score (nSPS) is 10.8. The van der Waals surface area contributed by atoms with Gasteiger partial charge in [-0.25, -0.2) is 9.78 Å². The lowest BCUT2D eigenvalue weighted by Gasteiger charge is -2.04. The fraction of sp³-hybridized carbons (Fsp3) is 0.188. The quantitative estimate of drug-likeness (QED) is 0.450. The van der Waals surface area contributed by atoms with E-state index in [0.29, 0.717) is 16.4 Å². The number of nitrogens with one attached hydrogen (secondary N) is 3. The van der Waals surface area contributed by atoms with Crippen LogP contribution in [-0.4, -0.2) is 37.0 Å². The monoisotopic (exact) mass is 373 g/mol. The molecule has 3 N–H and O–H groups in total. The lowest BCUT2D eigenvalue weighted by molar-refractivity contribution is -0.113. The lowest BCUT2D eigenvalue weighted by Crippen LogP contribution is -2.32. The Morgan fingerprint density at radius 1 is 1.19 bits per heavy atom. The van der Waals surface area contributed by atoms with Crippen LogP contribution in [0.15, 0.2) is 39.0 Å². The summed E-state index contributed by atoms with van der Waals surface area (Å²) in [4.78, 5) is 56.2. The molecule has 2 heterocycles. The number of carbonyl (C=O) groups is 2. The molecule has 0 aliphatic heterocycles. The van der Waals surface area contributed by atoms with Crippen LogP contribution in [0.4, 0.5) is 5.69 Å². The highest BCUT2D eigenvalue weighted by atomic mass is 32.2. The van der Waals surface area contributed by atoms with Crippen molar-refractivity contribution in [2.24, 2.45) is 7.05 Å². The Morgan fingerprint density at radius 2 is 1.88 bits per heavy atom. The highest BCUT2D eigenvalue weighted by molar-refractivity contribution is 7.99. The smallest absolute Gasteiger partial charge is 0.327 e. The molecular formula is C16H15N5O4S. The van der Waals surface area contributed by atoms with Crippen LogP contribution in [0.3, 0.4) is 0 Å². The standard InChI is InChI=1S/C16H15N5O4S/c1-8(22)9-3-5-10(6-4-9)17-11(23)7-26-15-18-12-13(19-15)20-16(25)21(2)14(12)24/h3-6H,7H2,1-2H3,(H,17,23)(H,18,19)(H,20,25). The molecule has 0 spiro atoms. The number of thioether (sulfide) groups is 1. The summed E-state index contributed by atoms with van der Waals surface area (Å²) < 4.78 is 0.937. The molecule has 1 aromatic carbocycles. The van der Waals surface area contributed by atoms with E-state index in [2.05, 4.69) is 20.3 Å². The molecule has 0 aliphatic carbocycles. The number of ketones is 1. The number of Topliss-reactive ketones (excluding diaryl/α,β-unsaturated/α-hetero) is 1. The molecule has 0 bridgehead atoms. The Labute approximate surface area is 150 Å². The minimum Gasteiger partial charge on any atom is -0.327 e. The van der Waals surface area contributed by atoms with Crippen molar-refractivity contribution < 1.29 is 9.59 Å². The third-order valence-electron chi connectivity index (χ3n) is 3.65. The fourth-order valence-corrected chi connectivity index (χ4v) is 2.90. The zero-order valence-corrected chi connectivity index (χ0v) is 14.8. The maximum atomic E-state index is 12.0. The number of amides is 1. The van der Waals surface area contributed by atoms with Crippen molar-refractivity contribution in [3.05, 3.63) is 50.7 Å².